The second-order valence-corrected chi connectivity index (χ2v) is 8.73. The fraction of sp³-hybridized carbons (Fsp3) is 0.296. The molecule has 29 heavy (non-hydrogen) atoms. The lowest BCUT2D eigenvalue weighted by atomic mass is 9.84. The number of nitrogens with one attached hydrogen (secondary N) is 1. The first-order chi connectivity index (χ1) is 13.8. The van der Waals surface area contributed by atoms with Gasteiger partial charge < -0.3 is 5.32 Å². The first-order valence-corrected chi connectivity index (χ1v) is 10.3. The molecule has 0 aromatic heterocycles. The third kappa shape index (κ3) is 3.48. The molecule has 0 aliphatic heterocycles. The van der Waals surface area contributed by atoms with Crippen molar-refractivity contribution in [3.05, 3.63) is 99.6 Å². The number of aryl methyl sites for hydroxylation is 5. The molecule has 1 amide bonds. The molecule has 1 fully saturated rings. The van der Waals surface area contributed by atoms with E-state index in [2.05, 4.69) is 101 Å². The summed E-state index contributed by atoms with van der Waals surface area (Å²) in [6, 6.07) is 21.5. The lowest BCUT2D eigenvalue weighted by Crippen LogP contribution is -2.23. The van der Waals surface area contributed by atoms with Gasteiger partial charge in [0.25, 0.3) is 0 Å². The highest BCUT2D eigenvalue weighted by atomic mass is 16.2. The largest absolute Gasteiger partial charge is 0.325 e. The van der Waals surface area contributed by atoms with Crippen LogP contribution in [0.5, 0.6) is 0 Å². The van der Waals surface area contributed by atoms with E-state index in [1.807, 2.05) is 0 Å². The molecular weight excluding hydrogens is 354 g/mol. The van der Waals surface area contributed by atoms with Gasteiger partial charge in [-0.3, -0.25) is 4.79 Å². The third-order valence-corrected chi connectivity index (χ3v) is 6.27. The molecule has 0 heterocycles. The smallest absolute Gasteiger partial charge is 0.228 e. The van der Waals surface area contributed by atoms with Crippen molar-refractivity contribution in [1.82, 2.24) is 0 Å². The predicted molar refractivity (Wildman–Crippen MR) is 121 cm³/mol. The van der Waals surface area contributed by atoms with Gasteiger partial charge in [0.05, 0.1) is 5.92 Å². The van der Waals surface area contributed by atoms with Crippen molar-refractivity contribution >= 4 is 11.6 Å². The van der Waals surface area contributed by atoms with Crippen LogP contribution in [0.3, 0.4) is 0 Å². The first-order valence-electron chi connectivity index (χ1n) is 10.3. The molecule has 1 unspecified atom stereocenters. The van der Waals surface area contributed by atoms with Crippen LogP contribution in [0.15, 0.2) is 60.7 Å². The van der Waals surface area contributed by atoms with Crippen LogP contribution >= 0.6 is 0 Å². The fourth-order valence-electron chi connectivity index (χ4n) is 4.82. The Hall–Kier alpha value is -2.87. The maximum absolute atomic E-state index is 13.4. The zero-order valence-electron chi connectivity index (χ0n) is 18.0. The Morgan fingerprint density at radius 1 is 0.793 bits per heavy atom. The van der Waals surface area contributed by atoms with Gasteiger partial charge in [-0.1, -0.05) is 77.4 Å². The summed E-state index contributed by atoms with van der Waals surface area (Å²) < 4.78 is 0. The molecule has 0 bridgehead atoms. The Bertz CT molecular complexity index is 1030. The minimum Gasteiger partial charge on any atom is -0.325 e. The molecule has 1 aliphatic carbocycles. The van der Waals surface area contributed by atoms with Crippen LogP contribution in [0.2, 0.25) is 0 Å². The van der Waals surface area contributed by atoms with E-state index >= 15 is 0 Å². The number of carbonyl (C=O) groups excluding carboxylic acids is 1. The van der Waals surface area contributed by atoms with Crippen LogP contribution in [-0.2, 0) is 10.2 Å². The van der Waals surface area contributed by atoms with Gasteiger partial charge in [-0.05, 0) is 63.3 Å². The average Bonchev–Trinajstić information content (AvgIpc) is 3.42. The van der Waals surface area contributed by atoms with Gasteiger partial charge in [-0.15, -0.1) is 0 Å². The summed E-state index contributed by atoms with van der Waals surface area (Å²) in [5.41, 5.74) is 9.10. The van der Waals surface area contributed by atoms with Crippen molar-refractivity contribution in [1.29, 1.82) is 0 Å². The Morgan fingerprint density at radius 3 is 1.79 bits per heavy atom. The lowest BCUT2D eigenvalue weighted by Gasteiger charge is -2.21. The van der Waals surface area contributed by atoms with E-state index in [1.165, 1.54) is 27.8 Å². The molecule has 0 radical (unpaired) electrons. The van der Waals surface area contributed by atoms with Crippen molar-refractivity contribution in [3.8, 4) is 0 Å². The van der Waals surface area contributed by atoms with Crippen molar-refractivity contribution in [2.75, 3.05) is 5.32 Å². The van der Waals surface area contributed by atoms with Gasteiger partial charge >= 0.3 is 0 Å². The number of carbonyl (C=O) groups is 1. The van der Waals surface area contributed by atoms with E-state index < -0.39 is 0 Å². The van der Waals surface area contributed by atoms with Crippen LogP contribution < -0.4 is 5.32 Å². The topological polar surface area (TPSA) is 29.1 Å². The Morgan fingerprint density at radius 2 is 1.31 bits per heavy atom. The van der Waals surface area contributed by atoms with Gasteiger partial charge in [-0.2, -0.15) is 0 Å². The Labute approximate surface area is 174 Å². The molecular formula is C27H29NO. The number of benzene rings is 3. The Balaban J connectivity index is 1.72. The molecule has 1 atom stereocenters. The number of amides is 1. The average molecular weight is 384 g/mol. The number of anilines is 1. The van der Waals surface area contributed by atoms with Crippen LogP contribution in [-0.4, -0.2) is 5.91 Å². The van der Waals surface area contributed by atoms with E-state index in [0.717, 1.165) is 23.2 Å². The van der Waals surface area contributed by atoms with E-state index in [1.54, 1.807) is 0 Å². The van der Waals surface area contributed by atoms with Crippen LogP contribution in [0, 0.1) is 40.5 Å². The summed E-state index contributed by atoms with van der Waals surface area (Å²) in [5, 5.41) is 3.25. The summed E-state index contributed by atoms with van der Waals surface area (Å²) >= 11 is 0. The molecule has 1 aliphatic rings. The maximum atomic E-state index is 13.4. The fourth-order valence-corrected chi connectivity index (χ4v) is 4.82. The van der Waals surface area contributed by atoms with E-state index in [9.17, 15) is 4.79 Å². The van der Waals surface area contributed by atoms with Crippen LogP contribution in [0.1, 0.15) is 45.4 Å². The van der Waals surface area contributed by atoms with Crippen molar-refractivity contribution < 1.29 is 4.79 Å². The maximum Gasteiger partial charge on any atom is 0.228 e. The van der Waals surface area contributed by atoms with Crippen LogP contribution in [0.25, 0.3) is 0 Å². The molecule has 1 N–H and O–H groups in total. The number of hydrogen-bond donors (Lipinski definition) is 1. The lowest BCUT2D eigenvalue weighted by molar-refractivity contribution is -0.117. The second-order valence-electron chi connectivity index (χ2n) is 8.73. The SMILES string of the molecule is Cc1cccc(C2(c3cccc(C)c3)CC2C(=O)Nc2c(C)cc(C)cc2C)c1. The minimum absolute atomic E-state index is 0.0637. The molecule has 2 nitrogen and oxygen atoms in total. The van der Waals surface area contributed by atoms with E-state index in [0.29, 0.717) is 0 Å². The van der Waals surface area contributed by atoms with Gasteiger partial charge in [0, 0.05) is 11.1 Å². The molecule has 3 aromatic rings. The van der Waals surface area contributed by atoms with Crippen LogP contribution in [0.4, 0.5) is 5.69 Å². The van der Waals surface area contributed by atoms with Gasteiger partial charge in [0.2, 0.25) is 5.91 Å². The normalized spacial score (nSPS) is 17.1. The third-order valence-electron chi connectivity index (χ3n) is 6.27. The summed E-state index contributed by atoms with van der Waals surface area (Å²) in [6.07, 6.45) is 0.843. The summed E-state index contributed by atoms with van der Waals surface area (Å²) in [7, 11) is 0. The molecule has 2 heteroatoms. The van der Waals surface area contributed by atoms with E-state index in [-0.39, 0.29) is 17.2 Å². The molecule has 148 valence electrons. The van der Waals surface area contributed by atoms with Gasteiger partial charge in [-0.25, -0.2) is 0 Å². The zero-order valence-corrected chi connectivity index (χ0v) is 18.0. The second kappa shape index (κ2) is 7.18. The monoisotopic (exact) mass is 383 g/mol. The number of rotatable bonds is 4. The van der Waals surface area contributed by atoms with Crippen molar-refractivity contribution in [2.24, 2.45) is 5.92 Å². The zero-order chi connectivity index (χ0) is 20.8. The highest BCUT2D eigenvalue weighted by Gasteiger charge is 2.60. The highest BCUT2D eigenvalue weighted by molar-refractivity contribution is 5.98. The minimum atomic E-state index is -0.241. The first kappa shape index (κ1) is 19.4. The Kier molecular flexibility index (Phi) is 4.82. The van der Waals surface area contributed by atoms with Gasteiger partial charge in [0.1, 0.15) is 0 Å². The number of hydrogen-bond acceptors (Lipinski definition) is 1. The molecule has 0 saturated heterocycles. The summed E-state index contributed by atoms with van der Waals surface area (Å²) in [5.74, 6) is 0.0502. The standard InChI is InChI=1S/C27H29NO/c1-17-8-6-10-22(14-17)27(23-11-7-9-18(2)15-23)16-24(27)26(29)28-25-20(4)12-19(3)13-21(25)5/h6-15,24H,16H2,1-5H3,(H,28,29). The van der Waals surface area contributed by atoms with E-state index in [4.69, 9.17) is 0 Å². The highest BCUT2D eigenvalue weighted by Crippen LogP contribution is 2.59. The predicted octanol–water partition coefficient (Wildman–Crippen LogP) is 6.17. The molecule has 4 rings (SSSR count). The summed E-state index contributed by atoms with van der Waals surface area (Å²) in [6.45, 7) is 10.5. The van der Waals surface area contributed by atoms with Gasteiger partial charge in [0.15, 0.2) is 0 Å². The quantitative estimate of drug-likeness (QED) is 0.573. The van der Waals surface area contributed by atoms with Crippen molar-refractivity contribution in [3.63, 3.8) is 0 Å². The molecule has 3 aromatic carbocycles. The molecule has 0 spiro atoms. The van der Waals surface area contributed by atoms with Crippen molar-refractivity contribution in [2.45, 2.75) is 46.5 Å². The summed E-state index contributed by atoms with van der Waals surface area (Å²) in [4.78, 5) is 13.4. The molecule has 1 saturated carbocycles.